The first-order valence-corrected chi connectivity index (χ1v) is 12.7. The van der Waals surface area contributed by atoms with Crippen molar-refractivity contribution in [3.63, 3.8) is 0 Å². The van der Waals surface area contributed by atoms with Gasteiger partial charge in [0.15, 0.2) is 11.4 Å². The number of aryl methyl sites for hydroxylation is 2. The lowest BCUT2D eigenvalue weighted by Gasteiger charge is -2.24. The van der Waals surface area contributed by atoms with Gasteiger partial charge >= 0.3 is 42.5 Å². The summed E-state index contributed by atoms with van der Waals surface area (Å²) in [5, 5.41) is 4.14. The Hall–Kier alpha value is -4.58. The third-order valence-electron chi connectivity index (χ3n) is 6.39. The summed E-state index contributed by atoms with van der Waals surface area (Å²) in [4.78, 5) is 38.8. The normalized spacial score (nSPS) is 13.4. The van der Waals surface area contributed by atoms with E-state index in [-0.39, 0.29) is 20.2 Å². The lowest BCUT2D eigenvalue weighted by atomic mass is 10.0. The third kappa shape index (κ3) is 6.65. The van der Waals surface area contributed by atoms with E-state index in [2.05, 4.69) is 14.9 Å². The number of ether oxygens (including phenoxy) is 1. The number of anilines is 1. The monoisotopic (exact) mass is 773 g/mol. The van der Waals surface area contributed by atoms with E-state index in [0.717, 1.165) is 0 Å². The predicted molar refractivity (Wildman–Crippen MR) is 130 cm³/mol. The zero-order chi connectivity index (χ0) is 38.9. The quantitative estimate of drug-likeness (QED) is 0.147. The number of rotatable bonds is 6. The van der Waals surface area contributed by atoms with Gasteiger partial charge in [0.05, 0.1) is 23.4 Å². The Morgan fingerprint density at radius 3 is 1.34 bits per heavy atom. The van der Waals surface area contributed by atoms with Crippen LogP contribution in [0.4, 0.5) is 75.9 Å². The van der Waals surface area contributed by atoms with Crippen LogP contribution in [-0.2, 0) is 43.0 Å². The highest BCUT2D eigenvalue weighted by Crippen LogP contribution is 2.50. The molecule has 0 bridgehead atoms. The summed E-state index contributed by atoms with van der Waals surface area (Å²) in [6.07, 6.45) is -26.5. The summed E-state index contributed by atoms with van der Waals surface area (Å²) in [6.45, 7) is 0. The molecule has 0 unspecified atom stereocenters. The highest BCUT2D eigenvalue weighted by molar-refractivity contribution is 6.34. The minimum Gasteiger partial charge on any atom is -0.465 e. The van der Waals surface area contributed by atoms with Crippen molar-refractivity contribution in [1.29, 1.82) is 0 Å². The van der Waals surface area contributed by atoms with Crippen LogP contribution >= 0.6 is 11.6 Å². The van der Waals surface area contributed by atoms with E-state index < -0.39 is 119 Å². The molecule has 1 aromatic carbocycles. The molecule has 50 heavy (non-hydrogen) atoms. The molecule has 3 aromatic rings. The molecule has 0 N–H and O–H groups in total. The van der Waals surface area contributed by atoms with Crippen LogP contribution in [0, 0.1) is 0 Å². The maximum Gasteiger partial charge on any atom is 0.459 e. The van der Waals surface area contributed by atoms with Crippen LogP contribution in [0.1, 0.15) is 53.8 Å². The molecule has 0 spiro atoms. The number of methoxy groups -OCH3 is 1. The number of benzene rings is 1. The van der Waals surface area contributed by atoms with Crippen molar-refractivity contribution < 1.29 is 89.4 Å². The highest BCUT2D eigenvalue weighted by Gasteiger charge is 2.66. The van der Waals surface area contributed by atoms with Crippen LogP contribution in [-0.4, -0.2) is 56.8 Å². The van der Waals surface area contributed by atoms with Crippen molar-refractivity contribution in [2.24, 2.45) is 14.1 Å². The molecule has 9 nitrogen and oxygen atoms in total. The van der Waals surface area contributed by atoms with Crippen molar-refractivity contribution in [2.45, 2.75) is 36.6 Å². The van der Waals surface area contributed by atoms with Gasteiger partial charge in [-0.1, -0.05) is 11.6 Å². The van der Waals surface area contributed by atoms with Crippen molar-refractivity contribution in [2.75, 3.05) is 12.0 Å². The number of esters is 1. The summed E-state index contributed by atoms with van der Waals surface area (Å²) >= 11 is 5.79. The largest absolute Gasteiger partial charge is 0.465 e. The Morgan fingerprint density at radius 2 is 1.04 bits per heavy atom. The molecule has 0 radical (unpaired) electrons. The molecular weight excluding hydrogens is 762 g/mol. The molecule has 2 heterocycles. The molecule has 0 saturated heterocycles. The topological polar surface area (TPSA) is 99.3 Å². The standard InChI is InChI=1S/C24H12ClF16N5O4/c1-44-12(10(21(30,31)32)14(42-44)19(26,27)23(36,37)38)16(47)46(7-4-5-9(25)8(6-7)18(49)50-3)17(48)13-11(22(33,34)35)15(43-45(13)2)20(28,29)24(39,40)41/h4-6H,1-3H3. The Bertz CT molecular complexity index is 1750. The second-order valence-electron chi connectivity index (χ2n) is 9.63. The second kappa shape index (κ2) is 12.3. The predicted octanol–water partition coefficient (Wildman–Crippen LogP) is 7.43. The fourth-order valence-corrected chi connectivity index (χ4v) is 4.44. The maximum atomic E-state index is 14.3. The minimum absolute atomic E-state index is 0.135. The molecule has 0 aliphatic heterocycles. The number of carbonyl (C=O) groups is 3. The van der Waals surface area contributed by atoms with Gasteiger partial charge in [-0.15, -0.1) is 0 Å². The summed E-state index contributed by atoms with van der Waals surface area (Å²) in [5.41, 5.74) is -20.0. The number of nitrogens with zero attached hydrogens (tertiary/aromatic N) is 5. The number of amides is 2. The zero-order valence-electron chi connectivity index (χ0n) is 24.0. The zero-order valence-corrected chi connectivity index (χ0v) is 24.8. The SMILES string of the molecule is COC(=O)c1cc(N(C(=O)c2c(C(F)(F)F)c(C(F)(F)C(F)(F)F)nn2C)C(=O)c2c(C(F)(F)F)c(C(F)(F)C(F)(F)F)nn2C)ccc1Cl. The van der Waals surface area contributed by atoms with Crippen LogP contribution in [0.5, 0.6) is 0 Å². The molecule has 3 rings (SSSR count). The molecular formula is C24H12ClF16N5O4. The van der Waals surface area contributed by atoms with E-state index >= 15 is 0 Å². The number of alkyl halides is 16. The van der Waals surface area contributed by atoms with Crippen molar-refractivity contribution in [3.8, 4) is 0 Å². The van der Waals surface area contributed by atoms with Gasteiger partial charge in [0.25, 0.3) is 11.8 Å². The number of carbonyl (C=O) groups excluding carboxylic acids is 3. The number of aromatic nitrogens is 4. The first kappa shape index (κ1) is 39.9. The van der Waals surface area contributed by atoms with Gasteiger partial charge < -0.3 is 4.74 Å². The van der Waals surface area contributed by atoms with E-state index in [9.17, 15) is 84.6 Å². The molecule has 2 amide bonds. The first-order chi connectivity index (χ1) is 22.3. The summed E-state index contributed by atoms with van der Waals surface area (Å²) in [5.74, 6) is -20.1. The molecule has 26 heteroatoms. The molecule has 2 aromatic heterocycles. The van der Waals surface area contributed by atoms with Gasteiger partial charge in [0.2, 0.25) is 0 Å². The Kier molecular flexibility index (Phi) is 9.83. The fraction of sp³-hybridized carbons (Fsp3) is 0.375. The van der Waals surface area contributed by atoms with E-state index in [1.807, 2.05) is 0 Å². The van der Waals surface area contributed by atoms with E-state index in [4.69, 9.17) is 11.6 Å². The summed E-state index contributed by atoms with van der Waals surface area (Å²) < 4.78 is 224. The molecule has 0 saturated carbocycles. The van der Waals surface area contributed by atoms with E-state index in [1.54, 1.807) is 0 Å². The second-order valence-corrected chi connectivity index (χ2v) is 10.0. The first-order valence-electron chi connectivity index (χ1n) is 12.3. The van der Waals surface area contributed by atoms with Crippen LogP contribution in [0.15, 0.2) is 18.2 Å². The Morgan fingerprint density at radius 1 is 0.680 bits per heavy atom. The number of hydrogen-bond donors (Lipinski definition) is 0. The summed E-state index contributed by atoms with van der Waals surface area (Å²) in [6, 6.07) is 1.09. The van der Waals surface area contributed by atoms with Crippen LogP contribution in [0.25, 0.3) is 0 Å². The lowest BCUT2D eigenvalue weighted by Crippen LogP contribution is -2.41. The van der Waals surface area contributed by atoms with Crippen molar-refractivity contribution >= 4 is 35.1 Å². The van der Waals surface area contributed by atoms with E-state index in [1.165, 1.54) is 0 Å². The third-order valence-corrected chi connectivity index (χ3v) is 6.72. The van der Waals surface area contributed by atoms with Crippen molar-refractivity contribution in [3.05, 3.63) is 62.7 Å². The molecule has 0 fully saturated rings. The van der Waals surface area contributed by atoms with Gasteiger partial charge in [-0.2, -0.15) is 80.4 Å². The maximum absolute atomic E-state index is 14.3. The van der Waals surface area contributed by atoms with Gasteiger partial charge in [0, 0.05) is 14.1 Å². The number of halogens is 17. The highest BCUT2D eigenvalue weighted by atomic mass is 35.5. The van der Waals surface area contributed by atoms with Gasteiger partial charge in [-0.3, -0.25) is 19.0 Å². The van der Waals surface area contributed by atoms with Gasteiger partial charge in [-0.25, -0.2) is 9.69 Å². The van der Waals surface area contributed by atoms with Crippen LogP contribution < -0.4 is 4.90 Å². The minimum atomic E-state index is -6.83. The number of imide groups is 1. The van der Waals surface area contributed by atoms with Crippen LogP contribution in [0.3, 0.4) is 0 Å². The van der Waals surface area contributed by atoms with Gasteiger partial charge in [-0.05, 0) is 18.2 Å². The van der Waals surface area contributed by atoms with E-state index in [0.29, 0.717) is 19.2 Å². The average Bonchev–Trinajstić information content (AvgIpc) is 3.50. The lowest BCUT2D eigenvalue weighted by molar-refractivity contribution is -0.292. The molecule has 0 aliphatic rings. The fourth-order valence-electron chi connectivity index (χ4n) is 4.24. The number of hydrogen-bond acceptors (Lipinski definition) is 6. The van der Waals surface area contributed by atoms with Crippen LogP contribution in [0.2, 0.25) is 5.02 Å². The molecule has 0 atom stereocenters. The van der Waals surface area contributed by atoms with Crippen molar-refractivity contribution in [1.82, 2.24) is 19.6 Å². The average molecular weight is 774 g/mol. The Labute approximate surface area is 269 Å². The summed E-state index contributed by atoms with van der Waals surface area (Å²) in [7, 11) is 0.951. The Balaban J connectivity index is 2.55. The van der Waals surface area contributed by atoms with Gasteiger partial charge in [0.1, 0.15) is 22.5 Å². The molecule has 0 aliphatic carbocycles. The smallest absolute Gasteiger partial charge is 0.459 e. The molecule has 276 valence electrons.